The molecule has 678 valence electrons. The number of aliphatic hydroxyl groups excluding tert-OH is 3. The largest absolute Gasteiger partial charge is 0.391 e. The lowest BCUT2D eigenvalue weighted by atomic mass is 9.82. The van der Waals surface area contributed by atoms with Crippen LogP contribution in [0.25, 0.3) is 31.3 Å². The number of fused-ring (bicyclic) bond motifs is 3. The molecule has 0 aliphatic carbocycles. The smallest absolute Gasteiger partial charge is 0.258 e. The first-order chi connectivity index (χ1) is 60.4. The summed E-state index contributed by atoms with van der Waals surface area (Å²) in [7, 11) is 0. The van der Waals surface area contributed by atoms with Crippen molar-refractivity contribution in [1.29, 1.82) is 0 Å². The van der Waals surface area contributed by atoms with Crippen molar-refractivity contribution in [2.75, 3.05) is 19.6 Å². The average molecular weight is 1800 g/mol. The van der Waals surface area contributed by atoms with Gasteiger partial charge in [0.25, 0.3) is 17.7 Å². The molecule has 15 rings (SSSR count). The molecule has 9 unspecified atom stereocenters. The predicted octanol–water partition coefficient (Wildman–Crippen LogP) is 14.3. The number of aryl methyl sites for hydroxylation is 3. The Labute approximate surface area is 760 Å². The van der Waals surface area contributed by atoms with Crippen LogP contribution in [0.2, 0.25) is 0 Å². The maximum absolute atomic E-state index is 14.5. The highest BCUT2D eigenvalue weighted by molar-refractivity contribution is 7.14. The van der Waals surface area contributed by atoms with Gasteiger partial charge in [0.05, 0.1) is 77.7 Å². The van der Waals surface area contributed by atoms with Crippen molar-refractivity contribution in [3.63, 3.8) is 0 Å². The second-order valence-electron chi connectivity index (χ2n) is 38.6. The molecule has 6 N–H and O–H groups in total. The summed E-state index contributed by atoms with van der Waals surface area (Å²) in [5.74, 6) is -5.43. The third-order valence-electron chi connectivity index (χ3n) is 25.1. The van der Waals surface area contributed by atoms with E-state index in [1.807, 2.05) is 127 Å². The van der Waals surface area contributed by atoms with Gasteiger partial charge in [0, 0.05) is 83.7 Å². The molecule has 0 spiro atoms. The molecule has 3 fully saturated rings. The Kier molecular flexibility index (Phi) is 28.5. The van der Waals surface area contributed by atoms with E-state index in [0.717, 1.165) is 87.3 Å². The predicted molar refractivity (Wildman–Crippen MR) is 492 cm³/mol. The van der Waals surface area contributed by atoms with Crippen molar-refractivity contribution in [3.8, 4) is 31.3 Å². The van der Waals surface area contributed by atoms with Gasteiger partial charge < -0.3 is 60.7 Å². The number of aromatic nitrogens is 3. The number of halogens is 2. The fourth-order valence-corrected chi connectivity index (χ4v) is 21.1. The van der Waals surface area contributed by atoms with Crippen LogP contribution in [0, 0.1) is 50.2 Å². The minimum atomic E-state index is -0.907. The van der Waals surface area contributed by atoms with E-state index in [-0.39, 0.29) is 140 Å². The molecule has 3 aromatic heterocycles. The molecule has 6 aromatic carbocycles. The second-order valence-corrected chi connectivity index (χ2v) is 41.1. The molecule has 9 atom stereocenters. The van der Waals surface area contributed by atoms with E-state index < -0.39 is 89.8 Å². The van der Waals surface area contributed by atoms with Gasteiger partial charge in [0.15, 0.2) is 0 Å². The van der Waals surface area contributed by atoms with Crippen LogP contribution in [-0.4, -0.2) is 187 Å². The summed E-state index contributed by atoms with van der Waals surface area (Å²) < 4.78 is 29.0. The zero-order chi connectivity index (χ0) is 92.8. The monoisotopic (exact) mass is 1800 g/mol. The molecule has 128 heavy (non-hydrogen) atoms. The summed E-state index contributed by atoms with van der Waals surface area (Å²) in [4.78, 5) is 148. The quantitative estimate of drug-likeness (QED) is 0.0390. The van der Waals surface area contributed by atoms with Crippen LogP contribution < -0.4 is 16.0 Å². The van der Waals surface area contributed by atoms with E-state index in [1.54, 1.807) is 69.2 Å². The molecular formula is C99H118F2N12O12S3. The highest BCUT2D eigenvalue weighted by Crippen LogP contribution is 2.41. The van der Waals surface area contributed by atoms with E-state index in [2.05, 4.69) is 117 Å². The number of rotatable bonds is 21. The van der Waals surface area contributed by atoms with Crippen LogP contribution in [-0.2, 0) is 84.3 Å². The number of carbonyl (C=O) groups excluding carboxylic acids is 9. The maximum atomic E-state index is 14.5. The van der Waals surface area contributed by atoms with Gasteiger partial charge in [0.2, 0.25) is 35.4 Å². The highest BCUT2D eigenvalue weighted by atomic mass is 32.1. The molecule has 9 amide bonds. The molecule has 9 aromatic rings. The van der Waals surface area contributed by atoms with Crippen molar-refractivity contribution in [2.45, 2.75) is 254 Å². The van der Waals surface area contributed by atoms with Crippen LogP contribution >= 0.6 is 34.0 Å². The van der Waals surface area contributed by atoms with E-state index >= 15 is 0 Å². The van der Waals surface area contributed by atoms with Gasteiger partial charge in [-0.1, -0.05) is 183 Å². The lowest BCUT2D eigenvalue weighted by Crippen LogP contribution is -2.55. The van der Waals surface area contributed by atoms with E-state index in [4.69, 9.17) is 0 Å². The number of benzene rings is 6. The Morgan fingerprint density at radius 1 is 0.414 bits per heavy atom. The molecule has 9 heterocycles. The topological polar surface area (TPSA) is 309 Å². The fourth-order valence-electron chi connectivity index (χ4n) is 18.7. The summed E-state index contributed by atoms with van der Waals surface area (Å²) in [5, 5.41) is 40.7. The van der Waals surface area contributed by atoms with Crippen molar-refractivity contribution in [3.05, 3.63) is 227 Å². The average Bonchev–Trinajstić information content (AvgIpc) is 1.64. The molecule has 0 bridgehead atoms. The minimum absolute atomic E-state index is 0.0112. The molecule has 0 saturated carbocycles. The zero-order valence-electron chi connectivity index (χ0n) is 76.1. The molecule has 3 saturated heterocycles. The molecular weight excluding hydrogens is 1680 g/mol. The van der Waals surface area contributed by atoms with E-state index in [0.29, 0.717) is 29.8 Å². The van der Waals surface area contributed by atoms with Crippen molar-refractivity contribution in [2.24, 2.45) is 17.8 Å². The highest BCUT2D eigenvalue weighted by Gasteiger charge is 2.51. The molecule has 29 heteroatoms. The normalized spacial score (nSPS) is 19.3. The third kappa shape index (κ3) is 20.0. The lowest BCUT2D eigenvalue weighted by molar-refractivity contribution is -0.143. The minimum Gasteiger partial charge on any atom is -0.391 e. The van der Waals surface area contributed by atoms with Crippen molar-refractivity contribution < 1.29 is 67.3 Å². The summed E-state index contributed by atoms with van der Waals surface area (Å²) in [6, 6.07) is 29.9. The van der Waals surface area contributed by atoms with Crippen LogP contribution in [0.4, 0.5) is 8.78 Å². The summed E-state index contributed by atoms with van der Waals surface area (Å²) in [6.45, 7) is 37.7. The van der Waals surface area contributed by atoms with Crippen LogP contribution in [0.5, 0.6) is 0 Å². The first-order valence-electron chi connectivity index (χ1n) is 43.9. The van der Waals surface area contributed by atoms with Gasteiger partial charge in [-0.3, -0.25) is 43.2 Å². The van der Waals surface area contributed by atoms with Gasteiger partial charge >= 0.3 is 0 Å². The fraction of sp³-hybridized carbons (Fsp3) is 0.455. The Morgan fingerprint density at radius 2 is 0.703 bits per heavy atom. The van der Waals surface area contributed by atoms with Gasteiger partial charge in [-0.2, -0.15) is 0 Å². The number of β-amino-alcohol motifs (C(OH)–C–C–N with tert-alkyl or cyclic N) is 3. The Bertz CT molecular complexity index is 5490. The maximum Gasteiger partial charge on any atom is 0.258 e. The van der Waals surface area contributed by atoms with Crippen molar-refractivity contribution >= 4 is 87.2 Å². The number of carbonyl (C=O) groups is 9. The third-order valence-corrected chi connectivity index (χ3v) is 28.0. The number of nitrogens with zero attached hydrogens (tertiary/aromatic N) is 9. The van der Waals surface area contributed by atoms with Gasteiger partial charge in [0.1, 0.15) is 47.9 Å². The summed E-state index contributed by atoms with van der Waals surface area (Å²) in [5.41, 5.74) is 19.9. The van der Waals surface area contributed by atoms with Gasteiger partial charge in [-0.15, -0.1) is 34.0 Å². The number of nitrogens with one attached hydrogen (secondary N) is 3. The molecule has 6 aliphatic rings. The number of aliphatic hydroxyl groups is 3. The van der Waals surface area contributed by atoms with Gasteiger partial charge in [-0.25, -0.2) is 23.7 Å². The molecule has 0 radical (unpaired) electrons. The Balaban J connectivity index is 0.000000164. The number of hydrogen-bond acceptors (Lipinski definition) is 18. The van der Waals surface area contributed by atoms with Crippen LogP contribution in [0.1, 0.15) is 221 Å². The lowest BCUT2D eigenvalue weighted by Gasteiger charge is -2.35. The number of thiazole rings is 3. The van der Waals surface area contributed by atoms with Crippen LogP contribution in [0.3, 0.4) is 0 Å². The van der Waals surface area contributed by atoms with E-state index in [9.17, 15) is 67.3 Å². The number of amides is 9. The molecule has 24 nitrogen and oxygen atoms in total. The van der Waals surface area contributed by atoms with E-state index in [1.165, 1.54) is 36.6 Å². The van der Waals surface area contributed by atoms with Crippen LogP contribution in [0.15, 0.2) is 132 Å². The Morgan fingerprint density at radius 3 is 0.977 bits per heavy atom. The standard InChI is InChI=1S/2C33H39FN4O4S.C33H40N4O4S/c2*1-18(2)28(38-15-22-8-7-9-25(34)27(22)31(38)41)32(42)37-16-23(39)13-26(37)30(40)35-14-21-11-10-20(12-24(21)33(4,5)6)29-19(3)36-17-43-29;1-19(2)28(37-16-23-9-7-8-10-25(23)31(37)40)32(41)36-17-24(38)14-27(36)30(39)34-15-22-12-11-21(13-26(22)33(4,5)6)29-20(3)35-18-42-29/h2*7-12,17-18,23,26,28,39H,13-16H2,1-6H3,(H,35,40);7-13,18-19,24,27-28,38H,14-17H2,1-6H3,(H,34,39). The summed E-state index contributed by atoms with van der Waals surface area (Å²) >= 11 is 4.79. The second kappa shape index (κ2) is 38.5. The number of hydrogen-bond donors (Lipinski definition) is 6. The Hall–Kier alpha value is -10.8. The SMILES string of the molecule is Cc1ncsc1-c1ccc(CNC(=O)C2CC(O)CN2C(=O)C(C(C)C)N2Cc3cccc(F)c3C2=O)c(C(C)(C)C)c1.Cc1ncsc1-c1ccc(CNC(=O)C2CC(O)CN2C(=O)C(C(C)C)N2Cc3cccc(F)c3C2=O)c(C(C)(C)C)c1.Cc1ncsc1-c1ccc(CNC(=O)C2CC(O)CN2C(=O)C(C(C)C)N2Cc3ccccc3C2=O)c(C(C)(C)C)c1. The first-order valence-corrected chi connectivity index (χ1v) is 46.5. The van der Waals surface area contributed by atoms with Gasteiger partial charge in [-0.05, 0) is 158 Å². The summed E-state index contributed by atoms with van der Waals surface area (Å²) in [6.07, 6.45) is -2.20. The zero-order valence-corrected chi connectivity index (χ0v) is 78.6. The first kappa shape index (κ1) is 94.8. The van der Waals surface area contributed by atoms with Crippen molar-refractivity contribution in [1.82, 2.24) is 60.3 Å². The molecule has 6 aliphatic heterocycles. The number of likely N-dealkylation sites (tertiary alicyclic amines) is 3.